The minimum absolute atomic E-state index is 0.804. The maximum absolute atomic E-state index is 5.43. The topological polar surface area (TPSA) is 36.9 Å². The lowest BCUT2D eigenvalue weighted by Gasteiger charge is -2.26. The van der Waals surface area contributed by atoms with Crippen molar-refractivity contribution in [3.8, 4) is 0 Å². The summed E-state index contributed by atoms with van der Waals surface area (Å²) in [6, 6.07) is 10.5. The molecule has 0 atom stereocenters. The number of guanidine groups is 1. The molecule has 1 heterocycles. The average Bonchev–Trinajstić information content (AvgIpc) is 2.61. The quantitative estimate of drug-likeness (QED) is 0.359. The first-order valence-corrected chi connectivity index (χ1v) is 9.45. The fourth-order valence-electron chi connectivity index (χ4n) is 2.75. The lowest BCUT2D eigenvalue weighted by molar-refractivity contribution is 0.0625. The maximum atomic E-state index is 5.43. The lowest BCUT2D eigenvalue weighted by Crippen LogP contribution is -2.40. The third-order valence-corrected chi connectivity index (χ3v) is 5.20. The van der Waals surface area contributed by atoms with E-state index in [4.69, 9.17) is 4.74 Å². The Hall–Kier alpha value is -1.20. The number of nitrogens with zero attached hydrogens (tertiary/aromatic N) is 2. The van der Waals surface area contributed by atoms with Gasteiger partial charge in [0, 0.05) is 51.0 Å². The summed E-state index contributed by atoms with van der Waals surface area (Å²) in [5.74, 6) is 2.83. The smallest absolute Gasteiger partial charge is 0.193 e. The Balaban J connectivity index is 1.63. The van der Waals surface area contributed by atoms with Gasteiger partial charge in [0.2, 0.25) is 0 Å². The number of hydrogen-bond acceptors (Lipinski definition) is 3. The molecular weight excluding hydrogens is 306 g/mol. The van der Waals surface area contributed by atoms with Gasteiger partial charge in [0.05, 0.1) is 0 Å². The monoisotopic (exact) mass is 335 g/mol. The van der Waals surface area contributed by atoms with Crippen molar-refractivity contribution in [2.75, 3.05) is 46.2 Å². The van der Waals surface area contributed by atoms with Crippen LogP contribution in [0.1, 0.15) is 19.3 Å². The Morgan fingerprint density at radius 1 is 1.30 bits per heavy atom. The van der Waals surface area contributed by atoms with Crippen LogP contribution in [0.2, 0.25) is 0 Å². The van der Waals surface area contributed by atoms with E-state index in [1.807, 2.05) is 18.8 Å². The number of thioether (sulfide) groups is 1. The molecule has 0 aliphatic carbocycles. The van der Waals surface area contributed by atoms with Crippen LogP contribution in [0.25, 0.3) is 0 Å². The standard InChI is InChI=1S/C18H29N3OS/c1-19-18(20-11-15-23-17-6-4-3-5-7-17)21(2)12-8-16-9-13-22-14-10-16/h3-7,16H,8-15H2,1-2H3,(H,19,20). The molecule has 1 aromatic carbocycles. The molecule has 23 heavy (non-hydrogen) atoms. The van der Waals surface area contributed by atoms with Crippen molar-refractivity contribution in [3.05, 3.63) is 30.3 Å². The fourth-order valence-corrected chi connectivity index (χ4v) is 3.54. The van der Waals surface area contributed by atoms with Crippen LogP contribution in [0.3, 0.4) is 0 Å². The van der Waals surface area contributed by atoms with Crippen molar-refractivity contribution < 1.29 is 4.74 Å². The Morgan fingerprint density at radius 2 is 2.04 bits per heavy atom. The molecule has 128 valence electrons. The zero-order valence-electron chi connectivity index (χ0n) is 14.3. The third kappa shape index (κ3) is 6.83. The van der Waals surface area contributed by atoms with Gasteiger partial charge in [0.15, 0.2) is 5.96 Å². The first-order valence-electron chi connectivity index (χ1n) is 8.47. The minimum atomic E-state index is 0.804. The number of aliphatic imine (C=N–C) groups is 1. The van der Waals surface area contributed by atoms with Crippen LogP contribution in [-0.4, -0.2) is 57.0 Å². The molecular formula is C18H29N3OS. The summed E-state index contributed by atoms with van der Waals surface area (Å²) < 4.78 is 5.43. The SMILES string of the molecule is CN=C(NCCSc1ccccc1)N(C)CCC1CCOCC1. The van der Waals surface area contributed by atoms with E-state index in [9.17, 15) is 0 Å². The lowest BCUT2D eigenvalue weighted by atomic mass is 9.96. The second kappa shape index (κ2) is 10.6. The highest BCUT2D eigenvalue weighted by Gasteiger charge is 2.15. The molecule has 1 aliphatic rings. The van der Waals surface area contributed by atoms with E-state index in [0.29, 0.717) is 0 Å². The molecule has 5 heteroatoms. The van der Waals surface area contributed by atoms with E-state index < -0.39 is 0 Å². The van der Waals surface area contributed by atoms with Crippen molar-refractivity contribution in [1.29, 1.82) is 0 Å². The first-order chi connectivity index (χ1) is 11.3. The normalized spacial score (nSPS) is 16.3. The van der Waals surface area contributed by atoms with Gasteiger partial charge in [-0.1, -0.05) is 18.2 Å². The van der Waals surface area contributed by atoms with Gasteiger partial charge in [-0.2, -0.15) is 0 Å². The molecule has 0 spiro atoms. The Labute approximate surface area is 144 Å². The summed E-state index contributed by atoms with van der Waals surface area (Å²) in [6.07, 6.45) is 3.63. The Bertz CT molecular complexity index is 461. The van der Waals surface area contributed by atoms with Gasteiger partial charge in [0.25, 0.3) is 0 Å². The molecule has 4 nitrogen and oxygen atoms in total. The number of ether oxygens (including phenoxy) is 1. The summed E-state index contributed by atoms with van der Waals surface area (Å²) in [6.45, 7) is 3.83. The van der Waals surface area contributed by atoms with Gasteiger partial charge in [0.1, 0.15) is 0 Å². The summed E-state index contributed by atoms with van der Waals surface area (Å²) in [5.41, 5.74) is 0. The first kappa shape index (κ1) is 18.1. The van der Waals surface area contributed by atoms with E-state index in [-0.39, 0.29) is 0 Å². The van der Waals surface area contributed by atoms with Gasteiger partial charge < -0.3 is 15.0 Å². The molecule has 0 saturated carbocycles. The number of hydrogen-bond donors (Lipinski definition) is 1. The highest BCUT2D eigenvalue weighted by Crippen LogP contribution is 2.18. The minimum Gasteiger partial charge on any atom is -0.381 e. The average molecular weight is 336 g/mol. The second-order valence-electron chi connectivity index (χ2n) is 5.90. The molecule has 1 fully saturated rings. The highest BCUT2D eigenvalue weighted by atomic mass is 32.2. The van der Waals surface area contributed by atoms with Crippen molar-refractivity contribution in [2.45, 2.75) is 24.2 Å². The number of benzene rings is 1. The van der Waals surface area contributed by atoms with Crippen molar-refractivity contribution in [2.24, 2.45) is 10.9 Å². The fraction of sp³-hybridized carbons (Fsp3) is 0.611. The molecule has 1 N–H and O–H groups in total. The molecule has 0 bridgehead atoms. The van der Waals surface area contributed by atoms with Crippen molar-refractivity contribution >= 4 is 17.7 Å². The predicted molar refractivity (Wildman–Crippen MR) is 99.3 cm³/mol. The van der Waals surface area contributed by atoms with Gasteiger partial charge in [-0.15, -0.1) is 11.8 Å². The van der Waals surface area contributed by atoms with E-state index >= 15 is 0 Å². The molecule has 0 amide bonds. The van der Waals surface area contributed by atoms with Crippen LogP contribution in [0.15, 0.2) is 40.2 Å². The van der Waals surface area contributed by atoms with E-state index in [2.05, 4.69) is 52.6 Å². The van der Waals surface area contributed by atoms with Gasteiger partial charge in [-0.25, -0.2) is 0 Å². The largest absolute Gasteiger partial charge is 0.381 e. The van der Waals surface area contributed by atoms with Crippen LogP contribution >= 0.6 is 11.8 Å². The van der Waals surface area contributed by atoms with Crippen molar-refractivity contribution in [3.63, 3.8) is 0 Å². The summed E-state index contributed by atoms with van der Waals surface area (Å²) >= 11 is 1.87. The predicted octanol–water partition coefficient (Wildman–Crippen LogP) is 3.10. The highest BCUT2D eigenvalue weighted by molar-refractivity contribution is 7.99. The molecule has 0 aromatic heterocycles. The summed E-state index contributed by atoms with van der Waals surface area (Å²) in [7, 11) is 3.98. The number of nitrogens with one attached hydrogen (secondary N) is 1. The van der Waals surface area contributed by atoms with Gasteiger partial charge >= 0.3 is 0 Å². The molecule has 1 saturated heterocycles. The zero-order valence-corrected chi connectivity index (χ0v) is 15.1. The van der Waals surface area contributed by atoms with Crippen LogP contribution in [0, 0.1) is 5.92 Å². The van der Waals surface area contributed by atoms with Crippen LogP contribution in [0.4, 0.5) is 0 Å². The molecule has 1 aromatic rings. The third-order valence-electron chi connectivity index (χ3n) is 4.18. The van der Waals surface area contributed by atoms with E-state index in [1.165, 1.54) is 24.2 Å². The van der Waals surface area contributed by atoms with E-state index in [0.717, 1.165) is 43.9 Å². The van der Waals surface area contributed by atoms with Crippen LogP contribution in [0.5, 0.6) is 0 Å². The maximum Gasteiger partial charge on any atom is 0.193 e. The van der Waals surface area contributed by atoms with Crippen molar-refractivity contribution in [1.82, 2.24) is 10.2 Å². The van der Waals surface area contributed by atoms with Crippen LogP contribution in [-0.2, 0) is 4.74 Å². The molecule has 1 aliphatic heterocycles. The summed E-state index contributed by atoms with van der Waals surface area (Å²) in [5, 5.41) is 3.46. The number of rotatable bonds is 7. The second-order valence-corrected chi connectivity index (χ2v) is 7.07. The molecule has 2 rings (SSSR count). The van der Waals surface area contributed by atoms with Crippen LogP contribution < -0.4 is 5.32 Å². The van der Waals surface area contributed by atoms with Gasteiger partial charge in [-0.3, -0.25) is 4.99 Å². The Morgan fingerprint density at radius 3 is 2.74 bits per heavy atom. The van der Waals surface area contributed by atoms with Gasteiger partial charge in [-0.05, 0) is 37.3 Å². The Kier molecular flexibility index (Phi) is 8.32. The summed E-state index contributed by atoms with van der Waals surface area (Å²) in [4.78, 5) is 7.95. The van der Waals surface area contributed by atoms with E-state index in [1.54, 1.807) is 0 Å². The molecule has 0 radical (unpaired) electrons. The zero-order chi connectivity index (χ0) is 16.3. The molecule has 0 unspecified atom stereocenters.